The second-order valence-electron chi connectivity index (χ2n) is 3.36. The third-order valence-electron chi connectivity index (χ3n) is 1.37. The van der Waals surface area contributed by atoms with E-state index in [0.717, 1.165) is 0 Å². The summed E-state index contributed by atoms with van der Waals surface area (Å²) in [5.74, 6) is -0.935. The van der Waals surface area contributed by atoms with E-state index in [4.69, 9.17) is 15.3 Å². The topological polar surface area (TPSA) is 77.8 Å². The lowest BCUT2D eigenvalue weighted by Crippen LogP contribution is -2.06. The van der Waals surface area contributed by atoms with E-state index in [-0.39, 0.29) is 17.8 Å². The second kappa shape index (κ2) is 8.72. The smallest absolute Gasteiger partial charge is 0.330 e. The van der Waals surface area contributed by atoms with E-state index in [1.54, 1.807) is 13.8 Å². The Balaban J connectivity index is 0. The Kier molecular flexibility index (Phi) is 9.71. The van der Waals surface area contributed by atoms with Crippen molar-refractivity contribution in [3.63, 3.8) is 0 Å². The standard InChI is InChI=1S/C6H14O2.C4H6O2/c1-5(7)3-4-6(2)8;1-3(2)4(5)6/h5-8H,3-4H2,1-2H3;1H2,2H3,(H,5,6). The molecule has 0 aliphatic rings. The molecule has 0 fully saturated rings. The zero-order chi connectivity index (χ0) is 11.7. The van der Waals surface area contributed by atoms with Crippen molar-refractivity contribution >= 4 is 5.97 Å². The molecule has 0 aromatic rings. The van der Waals surface area contributed by atoms with Crippen molar-refractivity contribution in [1.82, 2.24) is 0 Å². The molecule has 0 saturated heterocycles. The maximum absolute atomic E-state index is 9.60. The number of hydrogen-bond acceptors (Lipinski definition) is 3. The highest BCUT2D eigenvalue weighted by atomic mass is 16.4. The van der Waals surface area contributed by atoms with Crippen LogP contribution in [0.4, 0.5) is 0 Å². The molecule has 0 rings (SSSR count). The SMILES string of the molecule is C=C(C)C(=O)O.CC(O)CCC(C)O. The summed E-state index contributed by atoms with van der Waals surface area (Å²) in [4.78, 5) is 9.60. The molecule has 0 aromatic carbocycles. The fourth-order valence-electron chi connectivity index (χ4n) is 0.482. The van der Waals surface area contributed by atoms with Gasteiger partial charge in [-0.1, -0.05) is 6.58 Å². The minimum atomic E-state index is -0.935. The Morgan fingerprint density at radius 2 is 1.43 bits per heavy atom. The highest BCUT2D eigenvalue weighted by molar-refractivity contribution is 5.84. The zero-order valence-corrected chi connectivity index (χ0v) is 9.03. The van der Waals surface area contributed by atoms with E-state index in [2.05, 4.69) is 6.58 Å². The van der Waals surface area contributed by atoms with E-state index < -0.39 is 5.97 Å². The van der Waals surface area contributed by atoms with Crippen LogP contribution in [0.2, 0.25) is 0 Å². The molecule has 0 amide bonds. The fourth-order valence-corrected chi connectivity index (χ4v) is 0.482. The number of hydrogen-bond donors (Lipinski definition) is 3. The van der Waals surface area contributed by atoms with Gasteiger partial charge in [0.15, 0.2) is 0 Å². The number of rotatable bonds is 4. The van der Waals surface area contributed by atoms with E-state index in [1.165, 1.54) is 6.92 Å². The van der Waals surface area contributed by atoms with E-state index in [9.17, 15) is 4.79 Å². The monoisotopic (exact) mass is 204 g/mol. The van der Waals surface area contributed by atoms with Gasteiger partial charge in [-0.15, -0.1) is 0 Å². The van der Waals surface area contributed by atoms with Crippen molar-refractivity contribution in [1.29, 1.82) is 0 Å². The van der Waals surface area contributed by atoms with Gasteiger partial charge in [-0.25, -0.2) is 4.79 Å². The van der Waals surface area contributed by atoms with Gasteiger partial charge < -0.3 is 15.3 Å². The largest absolute Gasteiger partial charge is 0.478 e. The first-order valence-corrected chi connectivity index (χ1v) is 4.52. The van der Waals surface area contributed by atoms with Gasteiger partial charge in [-0.3, -0.25) is 0 Å². The van der Waals surface area contributed by atoms with Crippen LogP contribution in [0.5, 0.6) is 0 Å². The molecule has 4 nitrogen and oxygen atoms in total. The predicted molar refractivity (Wildman–Crippen MR) is 55.0 cm³/mol. The molecule has 2 unspecified atom stereocenters. The highest BCUT2D eigenvalue weighted by Crippen LogP contribution is 1.98. The van der Waals surface area contributed by atoms with Crippen molar-refractivity contribution < 1.29 is 20.1 Å². The number of carboxylic acid groups (broad SMARTS) is 1. The average molecular weight is 204 g/mol. The lowest BCUT2D eigenvalue weighted by atomic mass is 10.1. The lowest BCUT2D eigenvalue weighted by molar-refractivity contribution is -0.132. The van der Waals surface area contributed by atoms with Crippen LogP contribution in [-0.4, -0.2) is 33.5 Å². The summed E-state index contributed by atoms with van der Waals surface area (Å²) in [6.45, 7) is 8.05. The van der Waals surface area contributed by atoms with Crippen LogP contribution in [0.25, 0.3) is 0 Å². The number of aliphatic hydroxyl groups excluding tert-OH is 2. The van der Waals surface area contributed by atoms with Crippen LogP contribution in [0.1, 0.15) is 33.6 Å². The summed E-state index contributed by atoms with van der Waals surface area (Å²) in [5, 5.41) is 25.3. The van der Waals surface area contributed by atoms with E-state index in [1.807, 2.05) is 0 Å². The first kappa shape index (κ1) is 15.6. The minimum Gasteiger partial charge on any atom is -0.478 e. The third kappa shape index (κ3) is 17.3. The van der Waals surface area contributed by atoms with Crippen molar-refractivity contribution in [3.05, 3.63) is 12.2 Å². The molecule has 2 atom stereocenters. The van der Waals surface area contributed by atoms with Gasteiger partial charge >= 0.3 is 5.97 Å². The van der Waals surface area contributed by atoms with Crippen LogP contribution in [0, 0.1) is 0 Å². The Labute approximate surface area is 84.9 Å². The number of carboxylic acids is 1. The maximum Gasteiger partial charge on any atom is 0.330 e. The Morgan fingerprint density at radius 1 is 1.21 bits per heavy atom. The van der Waals surface area contributed by atoms with Crippen LogP contribution < -0.4 is 0 Å². The minimum absolute atomic E-state index is 0.176. The number of carbonyl (C=O) groups is 1. The van der Waals surface area contributed by atoms with Crippen LogP contribution in [0.15, 0.2) is 12.2 Å². The summed E-state index contributed by atoms with van der Waals surface area (Å²) in [7, 11) is 0. The third-order valence-corrected chi connectivity index (χ3v) is 1.37. The van der Waals surface area contributed by atoms with Gasteiger partial charge in [0.2, 0.25) is 0 Å². The van der Waals surface area contributed by atoms with Gasteiger partial charge in [-0.05, 0) is 33.6 Å². The Bertz CT molecular complexity index is 153. The maximum atomic E-state index is 9.60. The van der Waals surface area contributed by atoms with Crippen LogP contribution >= 0.6 is 0 Å². The lowest BCUT2D eigenvalue weighted by Gasteiger charge is -2.04. The first-order valence-electron chi connectivity index (χ1n) is 4.52. The molecular weight excluding hydrogens is 184 g/mol. The van der Waals surface area contributed by atoms with E-state index >= 15 is 0 Å². The van der Waals surface area contributed by atoms with Crippen LogP contribution in [-0.2, 0) is 4.79 Å². The molecule has 0 aliphatic carbocycles. The summed E-state index contributed by atoms with van der Waals surface area (Å²) < 4.78 is 0. The van der Waals surface area contributed by atoms with Gasteiger partial charge in [0.25, 0.3) is 0 Å². The summed E-state index contributed by atoms with van der Waals surface area (Å²) in [6.07, 6.45) is 0.837. The molecule has 0 heterocycles. The molecule has 0 aliphatic heterocycles. The second-order valence-corrected chi connectivity index (χ2v) is 3.36. The first-order chi connectivity index (χ1) is 6.27. The molecule has 14 heavy (non-hydrogen) atoms. The molecule has 3 N–H and O–H groups in total. The summed E-state index contributed by atoms with van der Waals surface area (Å²) >= 11 is 0. The number of aliphatic carboxylic acids is 1. The summed E-state index contributed by atoms with van der Waals surface area (Å²) in [5.41, 5.74) is 0.176. The molecule has 0 spiro atoms. The molecule has 0 aromatic heterocycles. The quantitative estimate of drug-likeness (QED) is 0.601. The normalized spacial score (nSPS) is 13.5. The van der Waals surface area contributed by atoms with Crippen molar-refractivity contribution in [2.45, 2.75) is 45.8 Å². The Hall–Kier alpha value is -0.870. The van der Waals surface area contributed by atoms with Crippen LogP contribution in [0.3, 0.4) is 0 Å². The number of aliphatic hydroxyl groups is 2. The molecule has 4 heteroatoms. The predicted octanol–water partition coefficient (Wildman–Crippen LogP) is 1.18. The van der Waals surface area contributed by atoms with Gasteiger partial charge in [-0.2, -0.15) is 0 Å². The molecular formula is C10H20O4. The van der Waals surface area contributed by atoms with Crippen molar-refractivity contribution in [3.8, 4) is 0 Å². The van der Waals surface area contributed by atoms with Gasteiger partial charge in [0.1, 0.15) is 0 Å². The zero-order valence-electron chi connectivity index (χ0n) is 9.03. The fraction of sp³-hybridized carbons (Fsp3) is 0.700. The summed E-state index contributed by atoms with van der Waals surface area (Å²) in [6, 6.07) is 0. The van der Waals surface area contributed by atoms with Crippen molar-refractivity contribution in [2.75, 3.05) is 0 Å². The van der Waals surface area contributed by atoms with Gasteiger partial charge in [0, 0.05) is 5.57 Å². The Morgan fingerprint density at radius 3 is 1.50 bits per heavy atom. The van der Waals surface area contributed by atoms with Gasteiger partial charge in [0.05, 0.1) is 12.2 Å². The average Bonchev–Trinajstić information content (AvgIpc) is 2.01. The molecule has 0 bridgehead atoms. The highest BCUT2D eigenvalue weighted by Gasteiger charge is 1.98. The molecule has 0 radical (unpaired) electrons. The molecule has 0 saturated carbocycles. The van der Waals surface area contributed by atoms with E-state index in [0.29, 0.717) is 12.8 Å². The van der Waals surface area contributed by atoms with Crippen molar-refractivity contribution in [2.24, 2.45) is 0 Å². The molecule has 84 valence electrons.